The lowest BCUT2D eigenvalue weighted by Gasteiger charge is -2.11. The molecule has 1 aromatic rings. The van der Waals surface area contributed by atoms with Gasteiger partial charge in [-0.1, -0.05) is 32.5 Å². The van der Waals surface area contributed by atoms with Crippen LogP contribution in [0.5, 0.6) is 0 Å². The molecule has 3 nitrogen and oxygen atoms in total. The van der Waals surface area contributed by atoms with Gasteiger partial charge in [-0.3, -0.25) is 0 Å². The third-order valence-electron chi connectivity index (χ3n) is 1.65. The molecule has 0 saturated carbocycles. The number of hydrogen-bond donors (Lipinski definition) is 1. The van der Waals surface area contributed by atoms with Gasteiger partial charge in [0.1, 0.15) is 0 Å². The second-order valence-corrected chi connectivity index (χ2v) is 5.11. The first-order valence-electron chi connectivity index (χ1n) is 3.85. The topological polar surface area (TPSA) is 51.8 Å². The van der Waals surface area contributed by atoms with Crippen molar-refractivity contribution in [3.63, 3.8) is 0 Å². The zero-order chi connectivity index (χ0) is 9.14. The Morgan fingerprint density at radius 1 is 1.42 bits per heavy atom. The monoisotopic (exact) mass is 203 g/mol. The predicted octanol–water partition coefficient (Wildman–Crippen LogP) is 2.26. The Bertz CT molecular complexity index is 247. The van der Waals surface area contributed by atoms with Crippen LogP contribution in [0.25, 0.3) is 0 Å². The van der Waals surface area contributed by atoms with Gasteiger partial charge in [0.25, 0.3) is 0 Å². The van der Waals surface area contributed by atoms with E-state index in [-0.39, 0.29) is 0 Å². The summed E-state index contributed by atoms with van der Waals surface area (Å²) < 4.78 is 4.11. The average molecular weight is 203 g/mol. The van der Waals surface area contributed by atoms with Crippen LogP contribution in [-0.2, 0) is 0 Å². The SMILES string of the molecule is CC(C)C(C)Sc1nsc(N)n1. The molecular formula is C7H13N3S2. The van der Waals surface area contributed by atoms with Crippen molar-refractivity contribution in [1.82, 2.24) is 9.36 Å². The highest BCUT2D eigenvalue weighted by atomic mass is 32.2. The lowest BCUT2D eigenvalue weighted by Crippen LogP contribution is -2.05. The Labute approximate surface area is 80.9 Å². The molecule has 0 radical (unpaired) electrons. The van der Waals surface area contributed by atoms with E-state index in [1.165, 1.54) is 11.5 Å². The molecule has 1 rings (SSSR count). The van der Waals surface area contributed by atoms with E-state index < -0.39 is 0 Å². The predicted molar refractivity (Wildman–Crippen MR) is 54.5 cm³/mol. The van der Waals surface area contributed by atoms with Gasteiger partial charge in [-0.2, -0.15) is 9.36 Å². The van der Waals surface area contributed by atoms with Gasteiger partial charge in [0.2, 0.25) is 10.3 Å². The lowest BCUT2D eigenvalue weighted by molar-refractivity contribution is 0.641. The molecule has 0 aliphatic carbocycles. The fourth-order valence-electron chi connectivity index (χ4n) is 0.571. The Balaban J connectivity index is 2.52. The van der Waals surface area contributed by atoms with Gasteiger partial charge in [-0.15, -0.1) is 0 Å². The molecule has 1 aromatic heterocycles. The van der Waals surface area contributed by atoms with Crippen LogP contribution >= 0.6 is 23.3 Å². The number of nitrogen functional groups attached to an aromatic ring is 1. The van der Waals surface area contributed by atoms with Crippen LogP contribution in [0.1, 0.15) is 20.8 Å². The summed E-state index contributed by atoms with van der Waals surface area (Å²) >= 11 is 2.93. The molecule has 0 amide bonds. The van der Waals surface area contributed by atoms with Gasteiger partial charge in [-0.25, -0.2) is 0 Å². The number of hydrogen-bond acceptors (Lipinski definition) is 5. The van der Waals surface area contributed by atoms with E-state index in [9.17, 15) is 0 Å². The fraction of sp³-hybridized carbons (Fsp3) is 0.714. The van der Waals surface area contributed by atoms with Crippen molar-refractivity contribution in [2.45, 2.75) is 31.2 Å². The van der Waals surface area contributed by atoms with Gasteiger partial charge < -0.3 is 5.73 Å². The second kappa shape index (κ2) is 4.09. The normalized spacial score (nSPS) is 13.7. The van der Waals surface area contributed by atoms with Crippen molar-refractivity contribution < 1.29 is 0 Å². The smallest absolute Gasteiger partial charge is 0.202 e. The zero-order valence-electron chi connectivity index (χ0n) is 7.44. The number of nitrogens with two attached hydrogens (primary N) is 1. The van der Waals surface area contributed by atoms with Crippen molar-refractivity contribution in [3.05, 3.63) is 0 Å². The van der Waals surface area contributed by atoms with Gasteiger partial charge in [0, 0.05) is 16.8 Å². The van der Waals surface area contributed by atoms with Crippen molar-refractivity contribution >= 4 is 28.4 Å². The Hall–Kier alpha value is -0.290. The highest BCUT2D eigenvalue weighted by molar-refractivity contribution is 7.99. The molecule has 0 aliphatic heterocycles. The fourth-order valence-corrected chi connectivity index (χ4v) is 2.01. The van der Waals surface area contributed by atoms with E-state index in [4.69, 9.17) is 5.73 Å². The minimum absolute atomic E-state index is 0.541. The number of nitrogens with zero attached hydrogens (tertiary/aromatic N) is 2. The summed E-state index contributed by atoms with van der Waals surface area (Å²) in [4.78, 5) is 4.08. The second-order valence-electron chi connectivity index (χ2n) is 2.98. The maximum atomic E-state index is 5.46. The van der Waals surface area contributed by atoms with Crippen LogP contribution in [0.2, 0.25) is 0 Å². The number of anilines is 1. The summed E-state index contributed by atoms with van der Waals surface area (Å²) in [5.74, 6) is 0.639. The highest BCUT2D eigenvalue weighted by Gasteiger charge is 2.11. The average Bonchev–Trinajstić information content (AvgIpc) is 2.35. The number of aromatic nitrogens is 2. The quantitative estimate of drug-likeness (QED) is 0.766. The van der Waals surface area contributed by atoms with E-state index in [1.807, 2.05) is 0 Å². The van der Waals surface area contributed by atoms with Gasteiger partial charge >= 0.3 is 0 Å². The van der Waals surface area contributed by atoms with E-state index >= 15 is 0 Å². The number of thioether (sulfide) groups is 1. The van der Waals surface area contributed by atoms with Crippen LogP contribution in [0.3, 0.4) is 0 Å². The molecule has 0 bridgehead atoms. The van der Waals surface area contributed by atoms with Crippen LogP contribution in [0, 0.1) is 5.92 Å². The van der Waals surface area contributed by atoms with E-state index in [2.05, 4.69) is 30.1 Å². The third kappa shape index (κ3) is 2.64. The standard InChI is InChI=1S/C7H13N3S2/c1-4(2)5(3)11-7-9-6(8)12-10-7/h4-5H,1-3H3,(H2,8,9,10). The summed E-state index contributed by atoms with van der Waals surface area (Å²) in [6, 6.07) is 0. The molecule has 0 aliphatic rings. The Morgan fingerprint density at radius 3 is 2.50 bits per heavy atom. The van der Waals surface area contributed by atoms with Crippen molar-refractivity contribution in [2.75, 3.05) is 5.73 Å². The molecule has 2 N–H and O–H groups in total. The summed E-state index contributed by atoms with van der Waals surface area (Å²) in [6.45, 7) is 6.55. The summed E-state index contributed by atoms with van der Waals surface area (Å²) in [6.07, 6.45) is 0. The largest absolute Gasteiger partial charge is 0.374 e. The molecule has 0 spiro atoms. The molecule has 1 atom stereocenters. The first-order chi connectivity index (χ1) is 5.59. The first-order valence-corrected chi connectivity index (χ1v) is 5.50. The number of rotatable bonds is 3. The molecule has 12 heavy (non-hydrogen) atoms. The first kappa shape index (κ1) is 9.80. The van der Waals surface area contributed by atoms with Gasteiger partial charge in [0.05, 0.1) is 0 Å². The minimum atomic E-state index is 0.541. The molecule has 5 heteroatoms. The molecule has 68 valence electrons. The van der Waals surface area contributed by atoms with E-state index in [0.717, 1.165) is 5.16 Å². The van der Waals surface area contributed by atoms with Crippen molar-refractivity contribution in [2.24, 2.45) is 5.92 Å². The molecule has 0 fully saturated rings. The molecule has 0 aromatic carbocycles. The zero-order valence-corrected chi connectivity index (χ0v) is 9.08. The van der Waals surface area contributed by atoms with Crippen LogP contribution in [-0.4, -0.2) is 14.6 Å². The molecule has 0 saturated heterocycles. The molecule has 1 heterocycles. The van der Waals surface area contributed by atoms with Gasteiger partial charge in [0.15, 0.2) is 0 Å². The maximum Gasteiger partial charge on any atom is 0.202 e. The maximum absolute atomic E-state index is 5.46. The van der Waals surface area contributed by atoms with Crippen LogP contribution < -0.4 is 5.73 Å². The molecule has 1 unspecified atom stereocenters. The van der Waals surface area contributed by atoms with Crippen molar-refractivity contribution in [3.8, 4) is 0 Å². The highest BCUT2D eigenvalue weighted by Crippen LogP contribution is 2.26. The van der Waals surface area contributed by atoms with E-state index in [0.29, 0.717) is 16.3 Å². The lowest BCUT2D eigenvalue weighted by atomic mass is 10.2. The van der Waals surface area contributed by atoms with Crippen LogP contribution in [0.15, 0.2) is 5.16 Å². The van der Waals surface area contributed by atoms with E-state index in [1.54, 1.807) is 11.8 Å². The van der Waals surface area contributed by atoms with Gasteiger partial charge in [-0.05, 0) is 5.92 Å². The Morgan fingerprint density at radius 2 is 2.08 bits per heavy atom. The third-order valence-corrected chi connectivity index (χ3v) is 3.62. The van der Waals surface area contributed by atoms with Crippen LogP contribution in [0.4, 0.5) is 5.13 Å². The minimum Gasteiger partial charge on any atom is -0.374 e. The summed E-state index contributed by atoms with van der Waals surface area (Å²) in [7, 11) is 0. The van der Waals surface area contributed by atoms with Crippen molar-refractivity contribution in [1.29, 1.82) is 0 Å². The molecular weight excluding hydrogens is 190 g/mol. The Kier molecular flexibility index (Phi) is 3.34. The summed E-state index contributed by atoms with van der Waals surface area (Å²) in [5.41, 5.74) is 5.46. The summed E-state index contributed by atoms with van der Waals surface area (Å²) in [5, 5.41) is 1.89.